The van der Waals surface area contributed by atoms with Gasteiger partial charge in [0.05, 0.1) is 12.1 Å². The van der Waals surface area contributed by atoms with Crippen LogP contribution in [0.3, 0.4) is 0 Å². The molecule has 47 heavy (non-hydrogen) atoms. The zero-order valence-electron chi connectivity index (χ0n) is 32.4. The standard InChI is InChI=1S/C44H85NO2/c1-4-6-8-10-12-14-16-18-19-20-21-22-23-24-25-26-27-29-31-33-35-37-39-41-44(47)45-42(3)43(46)40-38-36-34-32-30-28-17-15-13-11-9-7-5-2/h18-19,38,40,42-43,46H,4-17,20-37,39,41H2,1-3H3,(H,45,47)/b19-18-,40-38+/t42-,43+/m0/s1. The van der Waals surface area contributed by atoms with E-state index in [0.29, 0.717) is 6.42 Å². The van der Waals surface area contributed by atoms with Gasteiger partial charge < -0.3 is 10.4 Å². The first-order valence-corrected chi connectivity index (χ1v) is 21.4. The zero-order chi connectivity index (χ0) is 34.3. The van der Waals surface area contributed by atoms with Crippen molar-refractivity contribution in [2.45, 2.75) is 251 Å². The summed E-state index contributed by atoms with van der Waals surface area (Å²) in [6.07, 6.45) is 52.8. The quantitative estimate of drug-likeness (QED) is 0.0512. The van der Waals surface area contributed by atoms with Crippen molar-refractivity contribution in [3.63, 3.8) is 0 Å². The molecule has 0 bridgehead atoms. The van der Waals surface area contributed by atoms with Gasteiger partial charge in [-0.25, -0.2) is 0 Å². The number of carbonyl (C=O) groups is 1. The predicted molar refractivity (Wildman–Crippen MR) is 210 cm³/mol. The molecule has 3 nitrogen and oxygen atoms in total. The number of carbonyl (C=O) groups excluding carboxylic acids is 1. The van der Waals surface area contributed by atoms with Crippen molar-refractivity contribution in [3.8, 4) is 0 Å². The highest BCUT2D eigenvalue weighted by atomic mass is 16.3. The van der Waals surface area contributed by atoms with Gasteiger partial charge in [-0.05, 0) is 51.9 Å². The smallest absolute Gasteiger partial charge is 0.220 e. The Morgan fingerprint density at radius 1 is 0.468 bits per heavy atom. The van der Waals surface area contributed by atoms with Gasteiger partial charge >= 0.3 is 0 Å². The molecule has 1 amide bonds. The fourth-order valence-electron chi connectivity index (χ4n) is 6.51. The molecule has 0 aliphatic carbocycles. The van der Waals surface area contributed by atoms with Gasteiger partial charge in [-0.1, -0.05) is 205 Å². The monoisotopic (exact) mass is 660 g/mol. The Hall–Kier alpha value is -1.09. The summed E-state index contributed by atoms with van der Waals surface area (Å²) in [5.74, 6) is 0.0790. The molecule has 0 spiro atoms. The Balaban J connectivity index is 3.42. The second kappa shape index (κ2) is 39.3. The number of hydrogen-bond donors (Lipinski definition) is 2. The molecule has 0 aromatic rings. The van der Waals surface area contributed by atoms with Crippen LogP contribution in [0.4, 0.5) is 0 Å². The van der Waals surface area contributed by atoms with Crippen molar-refractivity contribution in [1.82, 2.24) is 5.32 Å². The van der Waals surface area contributed by atoms with Crippen molar-refractivity contribution in [2.24, 2.45) is 0 Å². The Bertz CT molecular complexity index is 672. The van der Waals surface area contributed by atoms with Crippen molar-refractivity contribution >= 4 is 5.91 Å². The second-order valence-electron chi connectivity index (χ2n) is 14.8. The first-order valence-electron chi connectivity index (χ1n) is 21.4. The van der Waals surface area contributed by atoms with Crippen LogP contribution < -0.4 is 5.32 Å². The molecule has 0 saturated carbocycles. The van der Waals surface area contributed by atoms with Crippen LogP contribution >= 0.6 is 0 Å². The Kier molecular flexibility index (Phi) is 38.4. The van der Waals surface area contributed by atoms with Gasteiger partial charge in [0.25, 0.3) is 0 Å². The Labute approximate surface area is 296 Å². The summed E-state index contributed by atoms with van der Waals surface area (Å²) < 4.78 is 0. The summed E-state index contributed by atoms with van der Waals surface area (Å²) in [7, 11) is 0. The third kappa shape index (κ3) is 37.6. The topological polar surface area (TPSA) is 49.3 Å². The molecule has 0 aromatic carbocycles. The number of hydrogen-bond acceptors (Lipinski definition) is 2. The van der Waals surface area contributed by atoms with Gasteiger partial charge in [0, 0.05) is 6.42 Å². The lowest BCUT2D eigenvalue weighted by Gasteiger charge is -2.17. The first kappa shape index (κ1) is 45.9. The van der Waals surface area contributed by atoms with E-state index in [4.69, 9.17) is 0 Å². The maximum atomic E-state index is 12.3. The largest absolute Gasteiger partial charge is 0.387 e. The average molecular weight is 660 g/mol. The van der Waals surface area contributed by atoms with Crippen molar-refractivity contribution in [2.75, 3.05) is 0 Å². The number of rotatable bonds is 38. The minimum absolute atomic E-state index is 0.0790. The van der Waals surface area contributed by atoms with Gasteiger partial charge in [-0.3, -0.25) is 4.79 Å². The highest BCUT2D eigenvalue weighted by Crippen LogP contribution is 2.15. The molecule has 0 rings (SSSR count). The predicted octanol–water partition coefficient (Wildman–Crippen LogP) is 14.3. The van der Waals surface area contributed by atoms with E-state index in [1.807, 2.05) is 13.0 Å². The summed E-state index contributed by atoms with van der Waals surface area (Å²) in [6, 6.07) is -0.224. The molecular formula is C44H85NO2. The average Bonchev–Trinajstić information content (AvgIpc) is 3.07. The van der Waals surface area contributed by atoms with Crippen LogP contribution in [0.2, 0.25) is 0 Å². The number of nitrogens with one attached hydrogen (secondary N) is 1. The summed E-state index contributed by atoms with van der Waals surface area (Å²) in [6.45, 7) is 6.47. The van der Waals surface area contributed by atoms with E-state index in [1.54, 1.807) is 0 Å². The molecule has 0 radical (unpaired) electrons. The molecule has 3 heteroatoms. The zero-order valence-corrected chi connectivity index (χ0v) is 32.4. The molecule has 0 aromatic heterocycles. The third-order valence-electron chi connectivity index (χ3n) is 9.87. The SMILES string of the molecule is CCCCCCCC/C=C\CCCCCCCCCCCCCCCC(=O)N[C@@H](C)[C@H](O)/C=C/CCCCCCCCCCCCC. The summed E-state index contributed by atoms with van der Waals surface area (Å²) in [4.78, 5) is 12.3. The number of allylic oxidation sites excluding steroid dienone is 3. The first-order chi connectivity index (χ1) is 23.1. The fourth-order valence-corrected chi connectivity index (χ4v) is 6.51. The third-order valence-corrected chi connectivity index (χ3v) is 9.87. The van der Waals surface area contributed by atoms with E-state index in [-0.39, 0.29) is 11.9 Å². The number of aliphatic hydroxyl groups is 1. The van der Waals surface area contributed by atoms with E-state index < -0.39 is 6.10 Å². The number of unbranched alkanes of at least 4 members (excludes halogenated alkanes) is 30. The van der Waals surface area contributed by atoms with Crippen LogP contribution in [0.25, 0.3) is 0 Å². The van der Waals surface area contributed by atoms with Crippen LogP contribution in [-0.2, 0) is 4.79 Å². The summed E-state index contributed by atoms with van der Waals surface area (Å²) >= 11 is 0. The number of amides is 1. The molecule has 2 N–H and O–H groups in total. The van der Waals surface area contributed by atoms with Crippen molar-refractivity contribution in [3.05, 3.63) is 24.3 Å². The summed E-state index contributed by atoms with van der Waals surface area (Å²) in [5.41, 5.74) is 0. The molecule has 0 aliphatic heterocycles. The number of aliphatic hydroxyl groups excluding tert-OH is 1. The Morgan fingerprint density at radius 2 is 0.766 bits per heavy atom. The normalized spacial score (nSPS) is 13.2. The van der Waals surface area contributed by atoms with Gasteiger partial charge in [-0.15, -0.1) is 0 Å². The van der Waals surface area contributed by atoms with Crippen LogP contribution in [0.5, 0.6) is 0 Å². The van der Waals surface area contributed by atoms with Crippen molar-refractivity contribution in [1.29, 1.82) is 0 Å². The van der Waals surface area contributed by atoms with E-state index in [9.17, 15) is 9.90 Å². The Morgan fingerprint density at radius 3 is 1.13 bits per heavy atom. The van der Waals surface area contributed by atoms with Crippen molar-refractivity contribution < 1.29 is 9.90 Å². The molecule has 2 atom stereocenters. The minimum Gasteiger partial charge on any atom is -0.387 e. The molecule has 0 fully saturated rings. The molecule has 0 saturated heterocycles. The molecule has 0 unspecified atom stereocenters. The lowest BCUT2D eigenvalue weighted by Crippen LogP contribution is -2.40. The highest BCUT2D eigenvalue weighted by Gasteiger charge is 2.13. The van der Waals surface area contributed by atoms with Crippen LogP contribution in [-0.4, -0.2) is 23.2 Å². The van der Waals surface area contributed by atoms with Gasteiger partial charge in [0.15, 0.2) is 0 Å². The molecule has 0 heterocycles. The van der Waals surface area contributed by atoms with E-state index >= 15 is 0 Å². The molecule has 278 valence electrons. The lowest BCUT2D eigenvalue weighted by atomic mass is 10.0. The van der Waals surface area contributed by atoms with Gasteiger partial charge in [-0.2, -0.15) is 0 Å². The van der Waals surface area contributed by atoms with Gasteiger partial charge in [0.1, 0.15) is 0 Å². The van der Waals surface area contributed by atoms with E-state index in [2.05, 4.69) is 37.4 Å². The van der Waals surface area contributed by atoms with Crippen LogP contribution in [0.1, 0.15) is 239 Å². The van der Waals surface area contributed by atoms with Crippen LogP contribution in [0, 0.1) is 0 Å². The van der Waals surface area contributed by atoms with Crippen LogP contribution in [0.15, 0.2) is 24.3 Å². The van der Waals surface area contributed by atoms with Gasteiger partial charge in [0.2, 0.25) is 5.91 Å². The summed E-state index contributed by atoms with van der Waals surface area (Å²) in [5, 5.41) is 13.4. The lowest BCUT2D eigenvalue weighted by molar-refractivity contribution is -0.122. The van der Waals surface area contributed by atoms with E-state index in [0.717, 1.165) is 19.3 Å². The molecular weight excluding hydrogens is 574 g/mol. The molecule has 0 aliphatic rings. The van der Waals surface area contributed by atoms with E-state index in [1.165, 1.54) is 193 Å². The maximum absolute atomic E-state index is 12.3. The fraction of sp³-hybridized carbons (Fsp3) is 0.886. The maximum Gasteiger partial charge on any atom is 0.220 e. The minimum atomic E-state index is -0.599. The second-order valence-corrected chi connectivity index (χ2v) is 14.8. The highest BCUT2D eigenvalue weighted by molar-refractivity contribution is 5.76.